The molecule has 0 radical (unpaired) electrons. The highest BCUT2D eigenvalue weighted by molar-refractivity contribution is 6.29. The molecule has 0 unspecified atom stereocenters. The van der Waals surface area contributed by atoms with Crippen molar-refractivity contribution >= 4 is 11.6 Å². The van der Waals surface area contributed by atoms with Crippen molar-refractivity contribution in [2.45, 2.75) is 6.36 Å². The SMILES string of the molecule is COc1cc(-c2ccc(OC(F)(F)F)cc2)cc(Cl)n1. The fraction of sp³-hybridized carbons (Fsp3) is 0.154. The number of hydrogen-bond acceptors (Lipinski definition) is 3. The van der Waals surface area contributed by atoms with Crippen LogP contribution in [0.15, 0.2) is 36.4 Å². The highest BCUT2D eigenvalue weighted by Gasteiger charge is 2.30. The average molecular weight is 304 g/mol. The predicted octanol–water partition coefficient (Wildman–Crippen LogP) is 4.31. The normalized spacial score (nSPS) is 11.2. The molecule has 20 heavy (non-hydrogen) atoms. The molecule has 0 spiro atoms. The Balaban J connectivity index is 2.28. The van der Waals surface area contributed by atoms with Gasteiger partial charge in [-0.2, -0.15) is 0 Å². The third-order valence-corrected chi connectivity index (χ3v) is 2.59. The molecule has 1 heterocycles. The summed E-state index contributed by atoms with van der Waals surface area (Å²) in [5, 5.41) is 0.231. The van der Waals surface area contributed by atoms with E-state index in [0.717, 1.165) is 0 Å². The Labute approximate surface area is 117 Å². The van der Waals surface area contributed by atoms with Crippen molar-refractivity contribution in [1.82, 2.24) is 4.98 Å². The summed E-state index contributed by atoms with van der Waals surface area (Å²) >= 11 is 5.83. The standard InChI is InChI=1S/C13H9ClF3NO2/c1-19-12-7-9(6-11(14)18-12)8-2-4-10(5-3-8)20-13(15,16)17/h2-7H,1H3. The summed E-state index contributed by atoms with van der Waals surface area (Å²) in [4.78, 5) is 3.91. The van der Waals surface area contributed by atoms with Crippen molar-refractivity contribution in [3.8, 4) is 22.8 Å². The molecule has 1 aromatic heterocycles. The number of halogens is 4. The summed E-state index contributed by atoms with van der Waals surface area (Å²) in [5.74, 6) is 0.0384. The van der Waals surface area contributed by atoms with Crippen LogP contribution < -0.4 is 9.47 Å². The minimum absolute atomic E-state index is 0.231. The molecule has 0 aliphatic rings. The second-order valence-corrected chi connectivity index (χ2v) is 4.18. The van der Waals surface area contributed by atoms with E-state index in [1.807, 2.05) is 0 Å². The summed E-state index contributed by atoms with van der Waals surface area (Å²) in [6.45, 7) is 0. The first-order valence-electron chi connectivity index (χ1n) is 5.45. The summed E-state index contributed by atoms with van der Waals surface area (Å²) < 4.78 is 44.9. The molecule has 0 N–H and O–H groups in total. The Morgan fingerprint density at radius 2 is 1.70 bits per heavy atom. The van der Waals surface area contributed by atoms with Crippen molar-refractivity contribution in [3.05, 3.63) is 41.6 Å². The van der Waals surface area contributed by atoms with Gasteiger partial charge in [-0.3, -0.25) is 0 Å². The third kappa shape index (κ3) is 3.77. The minimum Gasteiger partial charge on any atom is -0.481 e. The number of rotatable bonds is 3. The van der Waals surface area contributed by atoms with E-state index in [4.69, 9.17) is 16.3 Å². The van der Waals surface area contributed by atoms with Crippen LogP contribution in [0.25, 0.3) is 11.1 Å². The maximum absolute atomic E-state index is 12.1. The molecule has 0 amide bonds. The molecule has 0 saturated carbocycles. The number of hydrogen-bond donors (Lipinski definition) is 0. The molecule has 2 rings (SSSR count). The third-order valence-electron chi connectivity index (χ3n) is 2.40. The zero-order valence-corrected chi connectivity index (χ0v) is 11.0. The van der Waals surface area contributed by atoms with Crippen LogP contribution in [0.2, 0.25) is 5.15 Å². The average Bonchev–Trinajstić information content (AvgIpc) is 2.37. The Hall–Kier alpha value is -1.95. The lowest BCUT2D eigenvalue weighted by atomic mass is 10.1. The quantitative estimate of drug-likeness (QED) is 0.792. The second kappa shape index (κ2) is 5.58. The molecule has 0 saturated heterocycles. The van der Waals surface area contributed by atoms with E-state index in [1.165, 1.54) is 31.4 Å². The van der Waals surface area contributed by atoms with Crippen molar-refractivity contribution in [1.29, 1.82) is 0 Å². The van der Waals surface area contributed by atoms with Gasteiger partial charge in [0.25, 0.3) is 0 Å². The maximum Gasteiger partial charge on any atom is 0.573 e. The zero-order chi connectivity index (χ0) is 14.8. The van der Waals surface area contributed by atoms with Gasteiger partial charge in [-0.15, -0.1) is 13.2 Å². The van der Waals surface area contributed by atoms with E-state index in [0.29, 0.717) is 17.0 Å². The molecule has 0 bridgehead atoms. The molecule has 0 aliphatic heterocycles. The molecule has 0 fully saturated rings. The van der Waals surface area contributed by atoms with Crippen molar-refractivity contribution in [2.24, 2.45) is 0 Å². The Morgan fingerprint density at radius 1 is 1.05 bits per heavy atom. The summed E-state index contributed by atoms with van der Waals surface area (Å²) in [7, 11) is 1.45. The highest BCUT2D eigenvalue weighted by atomic mass is 35.5. The molecule has 2 aromatic rings. The van der Waals surface area contributed by atoms with Crippen molar-refractivity contribution in [3.63, 3.8) is 0 Å². The second-order valence-electron chi connectivity index (χ2n) is 3.79. The molecular formula is C13H9ClF3NO2. The van der Waals surface area contributed by atoms with Gasteiger partial charge in [0.1, 0.15) is 10.9 Å². The van der Waals surface area contributed by atoms with E-state index < -0.39 is 6.36 Å². The van der Waals surface area contributed by atoms with E-state index >= 15 is 0 Å². The number of benzene rings is 1. The van der Waals surface area contributed by atoms with Crippen LogP contribution in [0.5, 0.6) is 11.6 Å². The lowest BCUT2D eigenvalue weighted by Crippen LogP contribution is -2.16. The van der Waals surface area contributed by atoms with E-state index in [-0.39, 0.29) is 10.9 Å². The Kier molecular flexibility index (Phi) is 4.04. The summed E-state index contributed by atoms with van der Waals surface area (Å²) in [6.07, 6.45) is -4.70. The smallest absolute Gasteiger partial charge is 0.481 e. The van der Waals surface area contributed by atoms with Gasteiger partial charge in [-0.25, -0.2) is 4.98 Å². The topological polar surface area (TPSA) is 31.4 Å². The molecule has 7 heteroatoms. The van der Waals surface area contributed by atoms with Crippen LogP contribution >= 0.6 is 11.6 Å². The molecule has 1 aromatic carbocycles. The monoisotopic (exact) mass is 303 g/mol. The van der Waals surface area contributed by atoms with Crippen LogP contribution in [-0.2, 0) is 0 Å². The van der Waals surface area contributed by atoms with E-state index in [2.05, 4.69) is 9.72 Å². The summed E-state index contributed by atoms with van der Waals surface area (Å²) in [5.41, 5.74) is 1.35. The first kappa shape index (κ1) is 14.5. The Bertz CT molecular complexity index is 600. The van der Waals surface area contributed by atoms with Crippen molar-refractivity contribution < 1.29 is 22.6 Å². The van der Waals surface area contributed by atoms with Crippen LogP contribution in [-0.4, -0.2) is 18.5 Å². The molecular weight excluding hydrogens is 295 g/mol. The number of aromatic nitrogens is 1. The van der Waals surface area contributed by atoms with Crippen LogP contribution in [0, 0.1) is 0 Å². The zero-order valence-electron chi connectivity index (χ0n) is 10.2. The van der Waals surface area contributed by atoms with Crippen LogP contribution in [0.3, 0.4) is 0 Å². The predicted molar refractivity (Wildman–Crippen MR) is 67.9 cm³/mol. The van der Waals surface area contributed by atoms with Gasteiger partial charge < -0.3 is 9.47 Å². The van der Waals surface area contributed by atoms with Crippen LogP contribution in [0.1, 0.15) is 0 Å². The van der Waals surface area contributed by atoms with E-state index in [1.54, 1.807) is 12.1 Å². The Morgan fingerprint density at radius 3 is 2.25 bits per heavy atom. The van der Waals surface area contributed by atoms with Gasteiger partial charge >= 0.3 is 6.36 Å². The van der Waals surface area contributed by atoms with Crippen LogP contribution in [0.4, 0.5) is 13.2 Å². The first-order valence-corrected chi connectivity index (χ1v) is 5.83. The fourth-order valence-electron chi connectivity index (χ4n) is 1.59. The van der Waals surface area contributed by atoms with Gasteiger partial charge in [0, 0.05) is 6.07 Å². The van der Waals surface area contributed by atoms with Gasteiger partial charge in [-0.05, 0) is 29.3 Å². The minimum atomic E-state index is -4.70. The highest BCUT2D eigenvalue weighted by Crippen LogP contribution is 2.29. The van der Waals surface area contributed by atoms with Gasteiger partial charge in [-0.1, -0.05) is 23.7 Å². The summed E-state index contributed by atoms with van der Waals surface area (Å²) in [6, 6.07) is 8.65. The number of pyridine rings is 1. The van der Waals surface area contributed by atoms with Gasteiger partial charge in [0.15, 0.2) is 0 Å². The molecule has 0 atom stereocenters. The molecule has 106 valence electrons. The fourth-order valence-corrected chi connectivity index (χ4v) is 1.79. The molecule has 0 aliphatic carbocycles. The van der Waals surface area contributed by atoms with E-state index in [9.17, 15) is 13.2 Å². The van der Waals surface area contributed by atoms with Gasteiger partial charge in [0.2, 0.25) is 5.88 Å². The largest absolute Gasteiger partial charge is 0.573 e. The van der Waals surface area contributed by atoms with Crippen molar-refractivity contribution in [2.75, 3.05) is 7.11 Å². The maximum atomic E-state index is 12.1. The number of methoxy groups -OCH3 is 1. The number of nitrogens with zero attached hydrogens (tertiary/aromatic N) is 1. The lowest BCUT2D eigenvalue weighted by molar-refractivity contribution is -0.274. The first-order chi connectivity index (χ1) is 9.37. The lowest BCUT2D eigenvalue weighted by Gasteiger charge is -2.10. The number of alkyl halides is 3. The molecule has 3 nitrogen and oxygen atoms in total. The number of ether oxygens (including phenoxy) is 2. The van der Waals surface area contributed by atoms with Gasteiger partial charge in [0.05, 0.1) is 7.11 Å².